The number of ether oxygens (including phenoxy) is 5. The van der Waals surface area contributed by atoms with E-state index in [2.05, 4.69) is 13.8 Å². The highest BCUT2D eigenvalue weighted by molar-refractivity contribution is 5.72. The van der Waals surface area contributed by atoms with Gasteiger partial charge in [-0.1, -0.05) is 90.9 Å². The molecule has 1 saturated heterocycles. The first-order valence-corrected chi connectivity index (χ1v) is 17.8. The van der Waals surface area contributed by atoms with E-state index in [4.69, 9.17) is 23.7 Å². The third-order valence-corrected chi connectivity index (χ3v) is 7.95. The van der Waals surface area contributed by atoms with Crippen molar-refractivity contribution in [1.29, 1.82) is 0 Å². The van der Waals surface area contributed by atoms with Gasteiger partial charge in [0.25, 0.3) is 0 Å². The maximum atomic E-state index is 13.0. The van der Waals surface area contributed by atoms with Crippen LogP contribution in [0.25, 0.3) is 0 Å². The molecule has 1 aliphatic heterocycles. The molecule has 46 heavy (non-hydrogen) atoms. The van der Waals surface area contributed by atoms with Crippen molar-refractivity contribution in [3.05, 3.63) is 0 Å². The molecule has 11 nitrogen and oxygen atoms in total. The normalized spacial score (nSPS) is 19.4. The third kappa shape index (κ3) is 20.1. The van der Waals surface area contributed by atoms with E-state index in [1.165, 1.54) is 38.5 Å². The number of unbranched alkanes of at least 4 members (excludes halogenated alkanes) is 12. The summed E-state index contributed by atoms with van der Waals surface area (Å²) in [6, 6.07) is 0. The van der Waals surface area contributed by atoms with Gasteiger partial charge in [0.15, 0.2) is 6.10 Å². The maximum absolute atomic E-state index is 13.0. The van der Waals surface area contributed by atoms with Gasteiger partial charge < -0.3 is 33.5 Å². The monoisotopic (exact) mass is 656 g/mol. The van der Waals surface area contributed by atoms with Crippen LogP contribution in [0.1, 0.15) is 129 Å². The fourth-order valence-corrected chi connectivity index (χ4v) is 5.13. The van der Waals surface area contributed by atoms with Crippen molar-refractivity contribution in [1.82, 2.24) is 9.80 Å². The van der Waals surface area contributed by atoms with Crippen molar-refractivity contribution in [2.24, 2.45) is 0 Å². The zero-order valence-corrected chi connectivity index (χ0v) is 29.7. The molecule has 0 aromatic rings. The molecule has 0 spiro atoms. The van der Waals surface area contributed by atoms with Crippen molar-refractivity contribution in [3.63, 3.8) is 0 Å². The average Bonchev–Trinajstić information content (AvgIpc) is 3.31. The molecule has 0 bridgehead atoms. The summed E-state index contributed by atoms with van der Waals surface area (Å²) in [7, 11) is 7.40. The molecular formula is C35H64N2O9. The van der Waals surface area contributed by atoms with Gasteiger partial charge in [-0.25, -0.2) is 0 Å². The summed E-state index contributed by atoms with van der Waals surface area (Å²) in [6.45, 7) is 5.08. The molecule has 268 valence electrons. The Morgan fingerprint density at radius 2 is 0.935 bits per heavy atom. The Labute approximate surface area is 278 Å². The topological polar surface area (TPSA) is 121 Å². The first-order valence-electron chi connectivity index (χ1n) is 17.8. The molecule has 0 amide bonds. The van der Waals surface area contributed by atoms with Crippen LogP contribution in [-0.2, 0) is 42.9 Å². The van der Waals surface area contributed by atoms with E-state index >= 15 is 0 Å². The lowest BCUT2D eigenvalue weighted by Gasteiger charge is -2.24. The van der Waals surface area contributed by atoms with E-state index in [1.54, 1.807) is 0 Å². The predicted molar refractivity (Wildman–Crippen MR) is 177 cm³/mol. The van der Waals surface area contributed by atoms with Crippen LogP contribution in [-0.4, -0.2) is 106 Å². The van der Waals surface area contributed by atoms with Crippen LogP contribution >= 0.6 is 0 Å². The summed E-state index contributed by atoms with van der Waals surface area (Å²) < 4.78 is 28.8. The lowest BCUT2D eigenvalue weighted by Crippen LogP contribution is -2.43. The Kier molecular flexibility index (Phi) is 23.4. The van der Waals surface area contributed by atoms with E-state index < -0.39 is 48.5 Å². The molecule has 1 rings (SSSR count). The number of hydrogen-bond acceptors (Lipinski definition) is 11. The van der Waals surface area contributed by atoms with Gasteiger partial charge in [-0.3, -0.25) is 19.2 Å². The Balaban J connectivity index is 2.97. The highest BCUT2D eigenvalue weighted by Gasteiger charge is 2.52. The fraction of sp³-hybridized carbons (Fsp3) is 0.886. The van der Waals surface area contributed by atoms with Gasteiger partial charge in [-0.15, -0.1) is 0 Å². The van der Waals surface area contributed by atoms with Crippen LogP contribution in [0.15, 0.2) is 0 Å². The lowest BCUT2D eigenvalue weighted by molar-refractivity contribution is -0.200. The van der Waals surface area contributed by atoms with Gasteiger partial charge in [0.2, 0.25) is 12.4 Å². The van der Waals surface area contributed by atoms with E-state index in [1.807, 2.05) is 38.0 Å². The molecule has 1 fully saturated rings. The highest BCUT2D eigenvalue weighted by atomic mass is 16.8. The molecular weight excluding hydrogens is 592 g/mol. The highest BCUT2D eigenvalue weighted by Crippen LogP contribution is 2.30. The predicted octanol–water partition coefficient (Wildman–Crippen LogP) is 5.81. The number of carbonyl (C=O) groups excluding carboxylic acids is 4. The smallest absolute Gasteiger partial charge is 0.309 e. The molecule has 0 saturated carbocycles. The number of nitrogens with zero attached hydrogens (tertiary/aromatic N) is 2. The standard InChI is InChI=1S/C35H64N2O9/c1-7-9-11-13-15-17-19-21-30(39)44-33-28(27-42-29(38)23-25-36(3)4)43-35(46-32(41)24-26-37(5)6)34(33)45-31(40)22-20-18-16-14-12-10-8-2/h28,33-35H,7-27H2,1-6H3/t28-,33?,34+,35+/m1/s1. The number of carbonyl (C=O) groups is 4. The average molecular weight is 657 g/mol. The van der Waals surface area contributed by atoms with Crippen LogP contribution in [0.4, 0.5) is 0 Å². The molecule has 0 aromatic carbocycles. The summed E-state index contributed by atoms with van der Waals surface area (Å²) in [5.74, 6) is -1.92. The van der Waals surface area contributed by atoms with Crippen LogP contribution in [0, 0.1) is 0 Å². The second-order valence-corrected chi connectivity index (χ2v) is 13.0. The van der Waals surface area contributed by atoms with Gasteiger partial charge in [0, 0.05) is 25.9 Å². The maximum Gasteiger partial charge on any atom is 0.309 e. The van der Waals surface area contributed by atoms with Crippen LogP contribution in [0.2, 0.25) is 0 Å². The van der Waals surface area contributed by atoms with Gasteiger partial charge >= 0.3 is 23.9 Å². The molecule has 1 unspecified atom stereocenters. The second kappa shape index (κ2) is 25.8. The Bertz CT molecular complexity index is 852. The van der Waals surface area contributed by atoms with E-state index in [-0.39, 0.29) is 32.3 Å². The molecule has 0 radical (unpaired) electrons. The van der Waals surface area contributed by atoms with Gasteiger partial charge in [-0.2, -0.15) is 0 Å². The van der Waals surface area contributed by atoms with Crippen LogP contribution in [0.3, 0.4) is 0 Å². The minimum atomic E-state index is -1.30. The molecule has 4 atom stereocenters. The van der Waals surface area contributed by atoms with Crippen LogP contribution in [0.5, 0.6) is 0 Å². The van der Waals surface area contributed by atoms with Crippen molar-refractivity contribution in [2.45, 2.75) is 154 Å². The van der Waals surface area contributed by atoms with Crippen molar-refractivity contribution in [3.8, 4) is 0 Å². The largest absolute Gasteiger partial charge is 0.463 e. The summed E-state index contributed by atoms with van der Waals surface area (Å²) in [5.41, 5.74) is 0. The minimum Gasteiger partial charge on any atom is -0.463 e. The minimum absolute atomic E-state index is 0.0957. The zero-order valence-electron chi connectivity index (χ0n) is 29.7. The number of rotatable bonds is 27. The van der Waals surface area contributed by atoms with E-state index in [0.717, 1.165) is 38.5 Å². The fourth-order valence-electron chi connectivity index (χ4n) is 5.13. The Morgan fingerprint density at radius 3 is 1.41 bits per heavy atom. The Hall–Kier alpha value is -2.24. The summed E-state index contributed by atoms with van der Waals surface area (Å²) >= 11 is 0. The Morgan fingerprint density at radius 1 is 0.522 bits per heavy atom. The SMILES string of the molecule is CCCCCCCCCC(=O)OC1[C@@H](COC(=O)CCN(C)C)O[C@@H](OC(=O)CCN(C)C)[C@H]1OC(=O)CCCCCCCCC. The number of hydrogen-bond donors (Lipinski definition) is 0. The lowest BCUT2D eigenvalue weighted by atomic mass is 10.1. The van der Waals surface area contributed by atoms with Crippen LogP contribution < -0.4 is 0 Å². The van der Waals surface area contributed by atoms with E-state index in [9.17, 15) is 19.2 Å². The molecule has 0 aromatic heterocycles. The molecule has 0 aliphatic carbocycles. The van der Waals surface area contributed by atoms with Crippen molar-refractivity contribution >= 4 is 23.9 Å². The molecule has 1 heterocycles. The summed E-state index contributed by atoms with van der Waals surface area (Å²) in [6.07, 6.45) is 10.8. The van der Waals surface area contributed by atoms with Gasteiger partial charge in [0.1, 0.15) is 12.7 Å². The van der Waals surface area contributed by atoms with Gasteiger partial charge in [0.05, 0.1) is 12.8 Å². The first-order chi connectivity index (χ1) is 22.1. The van der Waals surface area contributed by atoms with Crippen molar-refractivity contribution < 1.29 is 42.9 Å². The zero-order chi connectivity index (χ0) is 34.2. The molecule has 1 aliphatic rings. The van der Waals surface area contributed by atoms with Crippen molar-refractivity contribution in [2.75, 3.05) is 47.9 Å². The quantitative estimate of drug-likeness (QED) is 0.0605. The number of esters is 4. The second-order valence-electron chi connectivity index (χ2n) is 13.0. The first kappa shape index (κ1) is 41.8. The summed E-state index contributed by atoms with van der Waals surface area (Å²) in [4.78, 5) is 54.8. The third-order valence-electron chi connectivity index (χ3n) is 7.95. The van der Waals surface area contributed by atoms with E-state index in [0.29, 0.717) is 25.9 Å². The summed E-state index contributed by atoms with van der Waals surface area (Å²) in [5, 5.41) is 0. The van der Waals surface area contributed by atoms with Gasteiger partial charge in [-0.05, 0) is 41.0 Å². The molecule has 0 N–H and O–H groups in total. The molecule has 11 heteroatoms.